The van der Waals surface area contributed by atoms with Crippen LogP contribution in [-0.4, -0.2) is 47.3 Å². The lowest BCUT2D eigenvalue weighted by Crippen LogP contribution is -2.67. The van der Waals surface area contributed by atoms with Crippen LogP contribution in [0, 0.1) is 0 Å². The lowest BCUT2D eigenvalue weighted by Gasteiger charge is -2.33. The van der Waals surface area contributed by atoms with Gasteiger partial charge in [0, 0.05) is 0 Å². The van der Waals surface area contributed by atoms with Crippen LogP contribution in [0.15, 0.2) is 25.3 Å². The lowest BCUT2D eigenvalue weighted by atomic mass is 9.82. The molecule has 7 nitrogen and oxygen atoms in total. The fourth-order valence-electron chi connectivity index (χ4n) is 1.94. The van der Waals surface area contributed by atoms with Crippen molar-refractivity contribution in [2.75, 3.05) is 13.2 Å². The smallest absolute Gasteiger partial charge is 0.347 e. The molecule has 0 aromatic heterocycles. The van der Waals surface area contributed by atoms with E-state index in [0.717, 1.165) is 0 Å². The van der Waals surface area contributed by atoms with Crippen molar-refractivity contribution in [3.63, 3.8) is 0 Å². The van der Waals surface area contributed by atoms with Gasteiger partial charge >= 0.3 is 11.9 Å². The number of ether oxygens (including phenoxy) is 2. The molecule has 0 spiro atoms. The van der Waals surface area contributed by atoms with Crippen LogP contribution in [-0.2, 0) is 23.9 Å². The third-order valence-electron chi connectivity index (χ3n) is 2.92. The van der Waals surface area contributed by atoms with E-state index in [1.54, 1.807) is 0 Å². The fourth-order valence-corrected chi connectivity index (χ4v) is 1.94. The first-order valence-electron chi connectivity index (χ1n) is 5.91. The van der Waals surface area contributed by atoms with Crippen molar-refractivity contribution >= 4 is 17.8 Å². The number of nitrogens with one attached hydrogen (secondary N) is 1. The van der Waals surface area contributed by atoms with Crippen molar-refractivity contribution in [1.82, 2.24) is 5.32 Å². The van der Waals surface area contributed by atoms with Gasteiger partial charge in [0.25, 0.3) is 5.54 Å². The molecule has 1 saturated heterocycles. The van der Waals surface area contributed by atoms with Crippen molar-refractivity contribution in [2.24, 2.45) is 0 Å². The Balaban J connectivity index is 3.15. The van der Waals surface area contributed by atoms with Gasteiger partial charge in [-0.15, -0.1) is 0 Å². The second-order valence-corrected chi connectivity index (χ2v) is 4.52. The highest BCUT2D eigenvalue weighted by Gasteiger charge is 2.67. The number of carbonyl (C=O) groups excluding carboxylic acids is 3. The molecule has 2 N–H and O–H groups in total. The highest BCUT2D eigenvalue weighted by Crippen LogP contribution is 2.34. The van der Waals surface area contributed by atoms with Crippen LogP contribution in [0.1, 0.15) is 13.3 Å². The van der Waals surface area contributed by atoms with E-state index < -0.39 is 35.4 Å². The Kier molecular flexibility index (Phi) is 4.67. The Morgan fingerprint density at radius 1 is 1.30 bits per heavy atom. The number of hydrogen-bond acceptors (Lipinski definition) is 6. The molecule has 1 aliphatic heterocycles. The minimum atomic E-state index is -2.28. The van der Waals surface area contributed by atoms with E-state index in [0.29, 0.717) is 0 Å². The molecule has 1 fully saturated rings. The van der Waals surface area contributed by atoms with Crippen molar-refractivity contribution in [1.29, 1.82) is 0 Å². The first kappa shape index (κ1) is 15.9. The summed E-state index contributed by atoms with van der Waals surface area (Å²) in [4.78, 5) is 35.7. The second kappa shape index (κ2) is 5.87. The summed E-state index contributed by atoms with van der Waals surface area (Å²) < 4.78 is 9.61. The van der Waals surface area contributed by atoms with Crippen LogP contribution in [0.2, 0.25) is 0 Å². The van der Waals surface area contributed by atoms with Crippen molar-refractivity contribution in [3.8, 4) is 0 Å². The number of esters is 2. The van der Waals surface area contributed by atoms with Gasteiger partial charge in [-0.05, 0) is 6.92 Å². The zero-order chi connectivity index (χ0) is 15.4. The van der Waals surface area contributed by atoms with Gasteiger partial charge in [0.05, 0.1) is 6.42 Å². The molecule has 0 aromatic carbocycles. The largest absolute Gasteiger partial charge is 0.459 e. The Labute approximate surface area is 116 Å². The second-order valence-electron chi connectivity index (χ2n) is 4.52. The summed E-state index contributed by atoms with van der Waals surface area (Å²) in [7, 11) is 0. The summed E-state index contributed by atoms with van der Waals surface area (Å²) in [5.41, 5.74) is -4.24. The Hall–Kier alpha value is -2.15. The first-order chi connectivity index (χ1) is 9.31. The molecule has 110 valence electrons. The van der Waals surface area contributed by atoms with E-state index in [2.05, 4.69) is 18.5 Å². The van der Waals surface area contributed by atoms with E-state index in [1.807, 2.05) is 0 Å². The van der Waals surface area contributed by atoms with Gasteiger partial charge in [-0.1, -0.05) is 25.3 Å². The molecule has 0 saturated carbocycles. The summed E-state index contributed by atoms with van der Waals surface area (Å²) in [6.07, 6.45) is 2.18. The predicted molar refractivity (Wildman–Crippen MR) is 68.4 cm³/mol. The topological polar surface area (TPSA) is 102 Å². The number of aliphatic hydroxyl groups is 1. The van der Waals surface area contributed by atoms with Gasteiger partial charge in [0.15, 0.2) is 0 Å². The molecule has 0 aliphatic carbocycles. The van der Waals surface area contributed by atoms with Gasteiger partial charge in [-0.25, -0.2) is 9.59 Å². The lowest BCUT2D eigenvalue weighted by molar-refractivity contribution is -0.176. The standard InChI is InChI=1S/C13H17NO6/c1-4-6-19-10(16)13(11(17)20-7-5-2)12(3,18)8-9(15)14-13/h4-5,18H,1-2,6-8H2,3H3,(H,14,15). The number of amides is 1. The van der Waals surface area contributed by atoms with Crippen LogP contribution < -0.4 is 5.32 Å². The van der Waals surface area contributed by atoms with Crippen LogP contribution in [0.3, 0.4) is 0 Å². The summed E-state index contributed by atoms with van der Waals surface area (Å²) >= 11 is 0. The van der Waals surface area contributed by atoms with Gasteiger partial charge in [0.1, 0.15) is 18.8 Å². The minimum absolute atomic E-state index is 0.165. The molecule has 0 bridgehead atoms. The maximum Gasteiger partial charge on any atom is 0.347 e. The molecule has 1 rings (SSSR count). The molecule has 7 heteroatoms. The van der Waals surface area contributed by atoms with Crippen molar-refractivity contribution in [3.05, 3.63) is 25.3 Å². The zero-order valence-electron chi connectivity index (χ0n) is 11.2. The summed E-state index contributed by atoms with van der Waals surface area (Å²) in [5, 5.41) is 12.4. The highest BCUT2D eigenvalue weighted by atomic mass is 16.6. The van der Waals surface area contributed by atoms with E-state index in [4.69, 9.17) is 9.47 Å². The molecule has 1 aliphatic rings. The average Bonchev–Trinajstić information content (AvgIpc) is 2.63. The molecule has 1 amide bonds. The van der Waals surface area contributed by atoms with Gasteiger partial charge in [-0.2, -0.15) is 0 Å². The SMILES string of the molecule is C=CCOC(=O)C1(C(=O)OCC=C)NC(=O)CC1(C)O. The monoisotopic (exact) mass is 283 g/mol. The van der Waals surface area contributed by atoms with Gasteiger partial charge < -0.3 is 19.9 Å². The van der Waals surface area contributed by atoms with E-state index in [1.165, 1.54) is 19.1 Å². The third-order valence-corrected chi connectivity index (χ3v) is 2.92. The molecular formula is C13H17NO6. The Morgan fingerprint density at radius 2 is 1.75 bits per heavy atom. The number of hydrogen-bond donors (Lipinski definition) is 2. The summed E-state index contributed by atoms with van der Waals surface area (Å²) in [5.74, 6) is -2.84. The van der Waals surface area contributed by atoms with Crippen LogP contribution in [0.4, 0.5) is 0 Å². The van der Waals surface area contributed by atoms with Crippen LogP contribution >= 0.6 is 0 Å². The Morgan fingerprint density at radius 3 is 2.05 bits per heavy atom. The molecule has 0 radical (unpaired) electrons. The van der Waals surface area contributed by atoms with Crippen molar-refractivity contribution < 1.29 is 29.0 Å². The fraction of sp³-hybridized carbons (Fsp3) is 0.462. The van der Waals surface area contributed by atoms with Crippen molar-refractivity contribution in [2.45, 2.75) is 24.5 Å². The average molecular weight is 283 g/mol. The van der Waals surface area contributed by atoms with Gasteiger partial charge in [0.2, 0.25) is 5.91 Å². The first-order valence-corrected chi connectivity index (χ1v) is 5.91. The molecule has 1 heterocycles. The van der Waals surface area contributed by atoms with Gasteiger partial charge in [-0.3, -0.25) is 4.79 Å². The minimum Gasteiger partial charge on any atom is -0.459 e. The Bertz CT molecular complexity index is 430. The maximum absolute atomic E-state index is 12.1. The zero-order valence-corrected chi connectivity index (χ0v) is 11.2. The number of carbonyl (C=O) groups is 3. The van der Waals surface area contributed by atoms with E-state index in [9.17, 15) is 19.5 Å². The number of rotatable bonds is 6. The molecule has 1 atom stereocenters. The van der Waals surface area contributed by atoms with E-state index in [-0.39, 0.29) is 13.2 Å². The van der Waals surface area contributed by atoms with E-state index >= 15 is 0 Å². The molecular weight excluding hydrogens is 266 g/mol. The maximum atomic E-state index is 12.1. The van der Waals surface area contributed by atoms with Crippen LogP contribution in [0.25, 0.3) is 0 Å². The summed E-state index contributed by atoms with van der Waals surface area (Å²) in [6, 6.07) is 0. The summed E-state index contributed by atoms with van der Waals surface area (Å²) in [6.45, 7) is 7.60. The predicted octanol–water partition coefficient (Wildman–Crippen LogP) is -0.545. The molecule has 20 heavy (non-hydrogen) atoms. The van der Waals surface area contributed by atoms with Crippen LogP contribution in [0.5, 0.6) is 0 Å². The molecule has 1 unspecified atom stereocenters. The molecule has 0 aromatic rings. The highest BCUT2D eigenvalue weighted by molar-refractivity contribution is 6.12. The normalized spacial score (nSPS) is 23.6. The quantitative estimate of drug-likeness (QED) is 0.385. The third kappa shape index (κ3) is 2.57.